The van der Waals surface area contributed by atoms with Crippen LogP contribution in [0.1, 0.15) is 52.4 Å². The van der Waals surface area contributed by atoms with E-state index in [1.807, 2.05) is 6.92 Å². The lowest BCUT2D eigenvalue weighted by molar-refractivity contribution is 0.311. The first-order chi connectivity index (χ1) is 10.2. The summed E-state index contributed by atoms with van der Waals surface area (Å²) in [6, 6.07) is 0.929. The van der Waals surface area contributed by atoms with Gasteiger partial charge in [0.1, 0.15) is 0 Å². The molecule has 1 fully saturated rings. The lowest BCUT2D eigenvalue weighted by Crippen LogP contribution is -2.34. The molecule has 21 heavy (non-hydrogen) atoms. The van der Waals surface area contributed by atoms with Crippen molar-refractivity contribution in [3.05, 3.63) is 0 Å². The molecule has 0 atom stereocenters. The van der Waals surface area contributed by atoms with E-state index in [0.717, 1.165) is 13.0 Å². The van der Waals surface area contributed by atoms with E-state index in [4.69, 9.17) is 4.74 Å². The quantitative estimate of drug-likeness (QED) is 0.834. The molecule has 6 nitrogen and oxygen atoms in total. The molecular weight excluding hydrogens is 266 g/mol. The molecule has 1 saturated carbocycles. The van der Waals surface area contributed by atoms with Crippen molar-refractivity contribution in [2.24, 2.45) is 0 Å². The monoisotopic (exact) mass is 293 g/mol. The molecule has 0 aromatic carbocycles. The molecule has 0 radical (unpaired) electrons. The Morgan fingerprint density at radius 3 is 2.57 bits per heavy atom. The maximum absolute atomic E-state index is 5.48. The Bertz CT molecular complexity index is 434. The predicted octanol–water partition coefficient (Wildman–Crippen LogP) is 2.86. The Hall–Kier alpha value is -1.59. The van der Waals surface area contributed by atoms with E-state index in [9.17, 15) is 0 Å². The Kier molecular flexibility index (Phi) is 6.02. The van der Waals surface area contributed by atoms with Gasteiger partial charge in [0, 0.05) is 19.6 Å². The van der Waals surface area contributed by atoms with Gasteiger partial charge in [0.25, 0.3) is 0 Å². The van der Waals surface area contributed by atoms with Gasteiger partial charge in [-0.25, -0.2) is 0 Å². The molecule has 0 saturated heterocycles. The smallest absolute Gasteiger partial charge is 0.323 e. The van der Waals surface area contributed by atoms with Gasteiger partial charge in [0.05, 0.1) is 6.61 Å². The van der Waals surface area contributed by atoms with Gasteiger partial charge in [0.2, 0.25) is 11.9 Å². The van der Waals surface area contributed by atoms with E-state index < -0.39 is 0 Å². The van der Waals surface area contributed by atoms with Crippen LogP contribution in [0.2, 0.25) is 0 Å². The topological polar surface area (TPSA) is 63.2 Å². The first kappa shape index (κ1) is 15.8. The first-order valence-corrected chi connectivity index (χ1v) is 8.10. The summed E-state index contributed by atoms with van der Waals surface area (Å²) in [6.45, 7) is 5.46. The Morgan fingerprint density at radius 1 is 1.14 bits per heavy atom. The van der Waals surface area contributed by atoms with Crippen LogP contribution in [0, 0.1) is 0 Å². The molecular formula is C15H27N5O. The van der Waals surface area contributed by atoms with Crippen molar-refractivity contribution in [3.63, 3.8) is 0 Å². The molecule has 1 aromatic heterocycles. The number of nitrogens with one attached hydrogen (secondary N) is 1. The zero-order valence-electron chi connectivity index (χ0n) is 13.4. The Morgan fingerprint density at radius 2 is 1.90 bits per heavy atom. The molecule has 1 heterocycles. The van der Waals surface area contributed by atoms with Crippen LogP contribution in [-0.2, 0) is 0 Å². The normalized spacial score (nSPS) is 15.8. The zero-order valence-corrected chi connectivity index (χ0v) is 13.4. The average Bonchev–Trinajstić information content (AvgIpc) is 2.53. The van der Waals surface area contributed by atoms with Crippen molar-refractivity contribution < 1.29 is 4.74 Å². The summed E-state index contributed by atoms with van der Waals surface area (Å²) in [5.74, 6) is 1.31. The fraction of sp³-hybridized carbons (Fsp3) is 0.800. The molecule has 0 unspecified atom stereocenters. The van der Waals surface area contributed by atoms with Crippen molar-refractivity contribution >= 4 is 11.9 Å². The summed E-state index contributed by atoms with van der Waals surface area (Å²) < 4.78 is 5.48. The van der Waals surface area contributed by atoms with Crippen molar-refractivity contribution in [2.45, 2.75) is 58.4 Å². The van der Waals surface area contributed by atoms with E-state index >= 15 is 0 Å². The van der Waals surface area contributed by atoms with Gasteiger partial charge < -0.3 is 15.0 Å². The molecule has 1 aliphatic rings. The average molecular weight is 293 g/mol. The van der Waals surface area contributed by atoms with Crippen molar-refractivity contribution in [1.29, 1.82) is 0 Å². The molecule has 1 aliphatic carbocycles. The van der Waals surface area contributed by atoms with Crippen molar-refractivity contribution in [3.8, 4) is 6.01 Å². The zero-order chi connectivity index (χ0) is 15.1. The third kappa shape index (κ3) is 4.44. The summed E-state index contributed by atoms with van der Waals surface area (Å²) in [5, 5.41) is 3.22. The SMILES string of the molecule is CCCNc1nc(OCC)nc(N(C)C2CCCCC2)n1. The molecule has 0 aliphatic heterocycles. The summed E-state index contributed by atoms with van der Waals surface area (Å²) in [6.07, 6.45) is 7.38. The number of hydrogen-bond donors (Lipinski definition) is 1. The number of nitrogens with zero attached hydrogens (tertiary/aromatic N) is 4. The van der Waals surface area contributed by atoms with Gasteiger partial charge in [-0.1, -0.05) is 26.2 Å². The molecule has 2 rings (SSSR count). The van der Waals surface area contributed by atoms with Crippen LogP contribution >= 0.6 is 0 Å². The van der Waals surface area contributed by atoms with Gasteiger partial charge in [-0.2, -0.15) is 15.0 Å². The molecule has 118 valence electrons. The van der Waals surface area contributed by atoms with E-state index in [-0.39, 0.29) is 0 Å². The molecule has 0 spiro atoms. The van der Waals surface area contributed by atoms with Crippen LogP contribution in [0.25, 0.3) is 0 Å². The molecule has 1 aromatic rings. The summed E-state index contributed by atoms with van der Waals surface area (Å²) in [5.41, 5.74) is 0. The maximum atomic E-state index is 5.48. The second kappa shape index (κ2) is 8.00. The standard InChI is InChI=1S/C15H27N5O/c1-4-11-16-13-17-14(19-15(18-13)21-5-2)20(3)12-9-7-6-8-10-12/h12H,4-11H2,1-3H3,(H,16,17,18,19). The predicted molar refractivity (Wildman–Crippen MR) is 85.1 cm³/mol. The highest BCUT2D eigenvalue weighted by molar-refractivity contribution is 5.38. The van der Waals surface area contributed by atoms with Crippen molar-refractivity contribution in [1.82, 2.24) is 15.0 Å². The van der Waals surface area contributed by atoms with E-state index in [1.54, 1.807) is 0 Å². The number of ether oxygens (including phenoxy) is 1. The minimum Gasteiger partial charge on any atom is -0.464 e. The van der Waals surface area contributed by atoms with Crippen LogP contribution in [0.15, 0.2) is 0 Å². The van der Waals surface area contributed by atoms with Gasteiger partial charge in [-0.15, -0.1) is 0 Å². The summed E-state index contributed by atoms with van der Waals surface area (Å²) >= 11 is 0. The van der Waals surface area contributed by atoms with Crippen LogP contribution in [0.5, 0.6) is 6.01 Å². The van der Waals surface area contributed by atoms with Crippen LogP contribution in [-0.4, -0.2) is 41.2 Å². The Balaban J connectivity index is 2.16. The maximum Gasteiger partial charge on any atom is 0.323 e. The Labute approximate surface area is 127 Å². The molecule has 0 bridgehead atoms. The molecule has 1 N–H and O–H groups in total. The first-order valence-electron chi connectivity index (χ1n) is 8.10. The highest BCUT2D eigenvalue weighted by Crippen LogP contribution is 2.25. The fourth-order valence-corrected chi connectivity index (χ4v) is 2.64. The largest absolute Gasteiger partial charge is 0.464 e. The molecule has 6 heteroatoms. The number of rotatable bonds is 7. The van der Waals surface area contributed by atoms with E-state index in [0.29, 0.717) is 30.6 Å². The minimum absolute atomic E-state index is 0.406. The second-order valence-electron chi connectivity index (χ2n) is 5.50. The third-order valence-electron chi connectivity index (χ3n) is 3.85. The highest BCUT2D eigenvalue weighted by Gasteiger charge is 2.21. The minimum atomic E-state index is 0.406. The highest BCUT2D eigenvalue weighted by atomic mass is 16.5. The summed E-state index contributed by atoms with van der Waals surface area (Å²) in [4.78, 5) is 15.5. The number of hydrogen-bond acceptors (Lipinski definition) is 6. The lowest BCUT2D eigenvalue weighted by Gasteiger charge is -2.31. The van der Waals surface area contributed by atoms with Crippen LogP contribution < -0.4 is 15.0 Å². The lowest BCUT2D eigenvalue weighted by atomic mass is 9.95. The third-order valence-corrected chi connectivity index (χ3v) is 3.85. The van der Waals surface area contributed by atoms with Gasteiger partial charge in [0.15, 0.2) is 0 Å². The van der Waals surface area contributed by atoms with E-state index in [1.165, 1.54) is 32.1 Å². The molecule has 0 amide bonds. The van der Waals surface area contributed by atoms with Gasteiger partial charge in [-0.05, 0) is 26.2 Å². The van der Waals surface area contributed by atoms with Crippen LogP contribution in [0.4, 0.5) is 11.9 Å². The van der Waals surface area contributed by atoms with Gasteiger partial charge in [-0.3, -0.25) is 0 Å². The number of aromatic nitrogens is 3. The fourth-order valence-electron chi connectivity index (χ4n) is 2.64. The van der Waals surface area contributed by atoms with Crippen LogP contribution in [0.3, 0.4) is 0 Å². The van der Waals surface area contributed by atoms with Gasteiger partial charge >= 0.3 is 6.01 Å². The summed E-state index contributed by atoms with van der Waals surface area (Å²) in [7, 11) is 2.07. The number of anilines is 2. The second-order valence-corrected chi connectivity index (χ2v) is 5.50. The van der Waals surface area contributed by atoms with E-state index in [2.05, 4.69) is 39.1 Å². The van der Waals surface area contributed by atoms with Crippen molar-refractivity contribution in [2.75, 3.05) is 30.4 Å².